The Hall–Kier alpha value is -1.78. The highest BCUT2D eigenvalue weighted by molar-refractivity contribution is 6.33. The Morgan fingerprint density at radius 3 is 2.76 bits per heavy atom. The van der Waals surface area contributed by atoms with Crippen molar-refractivity contribution < 1.29 is 14.3 Å². The molecule has 0 saturated heterocycles. The van der Waals surface area contributed by atoms with E-state index in [2.05, 4.69) is 5.32 Å². The van der Waals surface area contributed by atoms with Crippen LogP contribution < -0.4 is 5.32 Å². The molecule has 1 atom stereocenters. The minimum absolute atomic E-state index is 0.0435. The second-order valence-electron chi connectivity index (χ2n) is 4.73. The number of hydrogen-bond donors (Lipinski definition) is 2. The Kier molecular flexibility index (Phi) is 5.42. The first kappa shape index (κ1) is 15.6. The van der Waals surface area contributed by atoms with Gasteiger partial charge in [0.25, 0.3) is 5.91 Å². The predicted octanol–water partition coefficient (Wildman–Crippen LogP) is 3.49. The highest BCUT2D eigenvalue weighted by atomic mass is 35.5. The highest BCUT2D eigenvalue weighted by Crippen LogP contribution is 2.29. The van der Waals surface area contributed by atoms with E-state index in [9.17, 15) is 4.79 Å². The van der Waals surface area contributed by atoms with Crippen molar-refractivity contribution in [1.29, 1.82) is 0 Å². The smallest absolute Gasteiger partial charge is 0.287 e. The molecule has 0 fully saturated rings. The summed E-state index contributed by atoms with van der Waals surface area (Å²) in [5, 5.41) is 12.4. The molecule has 0 spiro atoms. The van der Waals surface area contributed by atoms with Gasteiger partial charge < -0.3 is 14.8 Å². The third kappa shape index (κ3) is 3.86. The van der Waals surface area contributed by atoms with Crippen molar-refractivity contribution in [3.8, 4) is 11.3 Å². The summed E-state index contributed by atoms with van der Waals surface area (Å²) in [6, 6.07) is 10.6. The summed E-state index contributed by atoms with van der Waals surface area (Å²) in [7, 11) is 0. The first-order valence-electron chi connectivity index (χ1n) is 6.92. The zero-order chi connectivity index (χ0) is 15.2. The lowest BCUT2D eigenvalue weighted by molar-refractivity contribution is 0.0902. The summed E-state index contributed by atoms with van der Waals surface area (Å²) in [5.74, 6) is 0.510. The summed E-state index contributed by atoms with van der Waals surface area (Å²) in [6.45, 7) is 2.00. The molecule has 2 rings (SSSR count). The van der Waals surface area contributed by atoms with Gasteiger partial charge in [0.05, 0.1) is 5.02 Å². The maximum atomic E-state index is 12.1. The quantitative estimate of drug-likeness (QED) is 0.858. The Balaban J connectivity index is 2.13. The van der Waals surface area contributed by atoms with Crippen molar-refractivity contribution in [3.05, 3.63) is 47.2 Å². The summed E-state index contributed by atoms with van der Waals surface area (Å²) in [6.07, 6.45) is 1.28. The molecule has 1 aromatic carbocycles. The standard InChI is InChI=1S/C16H18ClNO3/c1-2-11(9-10-19)18-16(20)15-8-7-14(21-15)12-5-3-4-6-13(12)17/h3-8,11,19H,2,9-10H2,1H3,(H,18,20). The number of nitrogens with one attached hydrogen (secondary N) is 1. The largest absolute Gasteiger partial charge is 0.451 e. The minimum atomic E-state index is -0.284. The van der Waals surface area contributed by atoms with Gasteiger partial charge in [-0.2, -0.15) is 0 Å². The van der Waals surface area contributed by atoms with Crippen molar-refractivity contribution in [2.45, 2.75) is 25.8 Å². The fraction of sp³-hybridized carbons (Fsp3) is 0.312. The van der Waals surface area contributed by atoms with Crippen LogP contribution in [0.2, 0.25) is 5.02 Å². The predicted molar refractivity (Wildman–Crippen MR) is 82.4 cm³/mol. The molecule has 21 heavy (non-hydrogen) atoms. The van der Waals surface area contributed by atoms with Gasteiger partial charge >= 0.3 is 0 Å². The molecule has 0 aliphatic heterocycles. The molecule has 4 nitrogen and oxygen atoms in total. The molecule has 0 bridgehead atoms. The molecule has 1 aromatic heterocycles. The van der Waals surface area contributed by atoms with Crippen LogP contribution in [0.15, 0.2) is 40.8 Å². The minimum Gasteiger partial charge on any atom is -0.451 e. The summed E-state index contributed by atoms with van der Waals surface area (Å²) in [4.78, 5) is 12.1. The summed E-state index contributed by atoms with van der Waals surface area (Å²) >= 11 is 6.11. The number of carbonyl (C=O) groups excluding carboxylic acids is 1. The number of benzene rings is 1. The van der Waals surface area contributed by atoms with Gasteiger partial charge in [-0.15, -0.1) is 0 Å². The van der Waals surface area contributed by atoms with Crippen LogP contribution in [-0.2, 0) is 0 Å². The third-order valence-electron chi connectivity index (χ3n) is 3.27. The van der Waals surface area contributed by atoms with Gasteiger partial charge in [0.1, 0.15) is 5.76 Å². The van der Waals surface area contributed by atoms with Crippen LogP contribution in [0.5, 0.6) is 0 Å². The highest BCUT2D eigenvalue weighted by Gasteiger charge is 2.16. The van der Waals surface area contributed by atoms with Gasteiger partial charge in [-0.05, 0) is 37.1 Å². The molecular formula is C16H18ClNO3. The Labute approximate surface area is 128 Å². The monoisotopic (exact) mass is 307 g/mol. The van der Waals surface area contributed by atoms with E-state index in [4.69, 9.17) is 21.1 Å². The molecule has 0 saturated carbocycles. The Bertz CT molecular complexity index is 609. The average molecular weight is 308 g/mol. The summed E-state index contributed by atoms with van der Waals surface area (Å²) < 4.78 is 5.58. The van der Waals surface area contributed by atoms with Crippen LogP contribution in [0, 0.1) is 0 Å². The first-order valence-corrected chi connectivity index (χ1v) is 7.30. The lowest BCUT2D eigenvalue weighted by Crippen LogP contribution is -2.34. The number of hydrogen-bond acceptors (Lipinski definition) is 3. The van der Waals surface area contributed by atoms with E-state index in [0.717, 1.165) is 12.0 Å². The van der Waals surface area contributed by atoms with Crippen molar-refractivity contribution in [3.63, 3.8) is 0 Å². The number of aliphatic hydroxyl groups is 1. The van der Waals surface area contributed by atoms with Crippen molar-refractivity contribution in [2.75, 3.05) is 6.61 Å². The van der Waals surface area contributed by atoms with Crippen LogP contribution in [0.25, 0.3) is 11.3 Å². The second-order valence-corrected chi connectivity index (χ2v) is 5.14. The van der Waals surface area contributed by atoms with E-state index >= 15 is 0 Å². The fourth-order valence-electron chi connectivity index (χ4n) is 2.06. The molecule has 0 radical (unpaired) electrons. The van der Waals surface area contributed by atoms with E-state index in [1.165, 1.54) is 0 Å². The van der Waals surface area contributed by atoms with Gasteiger partial charge in [-0.1, -0.05) is 30.7 Å². The summed E-state index contributed by atoms with van der Waals surface area (Å²) in [5.41, 5.74) is 0.751. The van der Waals surface area contributed by atoms with Gasteiger partial charge in [0.2, 0.25) is 0 Å². The molecule has 1 amide bonds. The molecule has 5 heteroatoms. The first-order chi connectivity index (χ1) is 10.2. The number of amides is 1. The second kappa shape index (κ2) is 7.29. The number of aliphatic hydroxyl groups excluding tert-OH is 1. The van der Waals surface area contributed by atoms with Crippen molar-refractivity contribution in [1.82, 2.24) is 5.32 Å². The van der Waals surface area contributed by atoms with Crippen molar-refractivity contribution >= 4 is 17.5 Å². The van der Waals surface area contributed by atoms with Crippen LogP contribution >= 0.6 is 11.6 Å². The molecule has 2 N–H and O–H groups in total. The molecule has 1 unspecified atom stereocenters. The van der Waals surface area contributed by atoms with E-state index < -0.39 is 0 Å². The molecule has 1 heterocycles. The van der Waals surface area contributed by atoms with Gasteiger partial charge in [0, 0.05) is 18.2 Å². The number of halogens is 1. The molecule has 112 valence electrons. The number of rotatable bonds is 6. The lowest BCUT2D eigenvalue weighted by Gasteiger charge is -2.14. The maximum Gasteiger partial charge on any atom is 0.287 e. The third-order valence-corrected chi connectivity index (χ3v) is 3.60. The van der Waals surface area contributed by atoms with Crippen LogP contribution in [0.1, 0.15) is 30.3 Å². The molecular weight excluding hydrogens is 290 g/mol. The normalized spacial score (nSPS) is 12.1. The van der Waals surface area contributed by atoms with E-state index in [0.29, 0.717) is 17.2 Å². The van der Waals surface area contributed by atoms with E-state index in [1.54, 1.807) is 18.2 Å². The van der Waals surface area contributed by atoms with Gasteiger partial charge in [-0.25, -0.2) is 0 Å². The topological polar surface area (TPSA) is 62.5 Å². The van der Waals surface area contributed by atoms with Crippen LogP contribution in [-0.4, -0.2) is 23.7 Å². The molecule has 0 aliphatic carbocycles. The molecule has 2 aromatic rings. The number of carbonyl (C=O) groups is 1. The van der Waals surface area contributed by atoms with Crippen LogP contribution in [0.3, 0.4) is 0 Å². The fourth-order valence-corrected chi connectivity index (χ4v) is 2.29. The van der Waals surface area contributed by atoms with Crippen molar-refractivity contribution in [2.24, 2.45) is 0 Å². The van der Waals surface area contributed by atoms with E-state index in [-0.39, 0.29) is 24.3 Å². The van der Waals surface area contributed by atoms with Gasteiger partial charge in [-0.3, -0.25) is 4.79 Å². The van der Waals surface area contributed by atoms with Crippen LogP contribution in [0.4, 0.5) is 0 Å². The zero-order valence-electron chi connectivity index (χ0n) is 11.8. The zero-order valence-corrected chi connectivity index (χ0v) is 12.6. The SMILES string of the molecule is CCC(CCO)NC(=O)c1ccc(-c2ccccc2Cl)o1. The lowest BCUT2D eigenvalue weighted by atomic mass is 10.1. The Morgan fingerprint density at radius 1 is 1.33 bits per heavy atom. The number of furan rings is 1. The van der Waals surface area contributed by atoms with Gasteiger partial charge in [0.15, 0.2) is 5.76 Å². The molecule has 0 aliphatic rings. The Morgan fingerprint density at radius 2 is 2.10 bits per heavy atom. The average Bonchev–Trinajstić information content (AvgIpc) is 2.97. The maximum absolute atomic E-state index is 12.1. The van der Waals surface area contributed by atoms with E-state index in [1.807, 2.05) is 25.1 Å².